The Morgan fingerprint density at radius 3 is 2.70 bits per heavy atom. The third-order valence-electron chi connectivity index (χ3n) is 4.58. The zero-order chi connectivity index (χ0) is 18.6. The number of hydrogen-bond donors (Lipinski definition) is 1. The largest absolute Gasteiger partial charge is 0.378 e. The van der Waals surface area contributed by atoms with Gasteiger partial charge >= 0.3 is 0 Å². The second-order valence-corrected chi connectivity index (χ2v) is 6.36. The van der Waals surface area contributed by atoms with E-state index in [2.05, 4.69) is 15.5 Å². The van der Waals surface area contributed by atoms with Gasteiger partial charge in [-0.1, -0.05) is 35.5 Å². The monoisotopic (exact) mass is 367 g/mol. The molecule has 3 aromatic rings. The summed E-state index contributed by atoms with van der Waals surface area (Å²) in [6.07, 6.45) is 3.56. The molecule has 140 valence electrons. The molecule has 0 bridgehead atoms. The smallest absolute Gasteiger partial charge is 0.290 e. The summed E-state index contributed by atoms with van der Waals surface area (Å²) < 4.78 is 12.5. The topological polar surface area (TPSA) is 85.4 Å². The molecule has 1 fully saturated rings. The fourth-order valence-electron chi connectivity index (χ4n) is 3.11. The van der Waals surface area contributed by atoms with Crippen molar-refractivity contribution in [2.24, 2.45) is 7.05 Å². The molecule has 1 aliphatic heterocycles. The minimum atomic E-state index is -0.393. The van der Waals surface area contributed by atoms with Crippen LogP contribution in [0.25, 0.3) is 0 Å². The van der Waals surface area contributed by atoms with Gasteiger partial charge in [0.1, 0.15) is 11.9 Å². The number of hydrogen-bond acceptors (Lipinski definition) is 6. The van der Waals surface area contributed by atoms with Gasteiger partial charge in [0.05, 0.1) is 13.2 Å². The van der Waals surface area contributed by atoms with Crippen LogP contribution in [0.4, 0.5) is 5.82 Å². The summed E-state index contributed by atoms with van der Waals surface area (Å²) in [5.74, 6) is 1.23. The summed E-state index contributed by atoms with van der Waals surface area (Å²) in [6, 6.07) is 11.0. The standard InChI is InChI=1S/C19H21N5O3/c1-23-8-7-20-18(23)17(14-5-3-2-4-6-14)21-19(25)15-13-16(22-27-15)24-9-11-26-12-10-24/h2-8,13,17H,9-12H2,1H3,(H,21,25). The number of carbonyl (C=O) groups is 1. The molecule has 1 aliphatic rings. The molecule has 27 heavy (non-hydrogen) atoms. The first kappa shape index (κ1) is 17.3. The molecule has 1 unspecified atom stereocenters. The van der Waals surface area contributed by atoms with E-state index in [4.69, 9.17) is 9.26 Å². The molecule has 1 aromatic carbocycles. The van der Waals surface area contributed by atoms with E-state index in [0.29, 0.717) is 19.0 Å². The predicted octanol–water partition coefficient (Wildman–Crippen LogP) is 1.76. The number of rotatable bonds is 5. The minimum Gasteiger partial charge on any atom is -0.378 e. The highest BCUT2D eigenvalue weighted by atomic mass is 16.5. The quantitative estimate of drug-likeness (QED) is 0.740. The normalized spacial score (nSPS) is 15.5. The van der Waals surface area contributed by atoms with Crippen molar-refractivity contribution in [3.8, 4) is 0 Å². The lowest BCUT2D eigenvalue weighted by atomic mass is 10.1. The van der Waals surface area contributed by atoms with Crippen LogP contribution in [-0.4, -0.2) is 46.9 Å². The second-order valence-electron chi connectivity index (χ2n) is 6.36. The first-order valence-electron chi connectivity index (χ1n) is 8.85. The Hall–Kier alpha value is -3.13. The Labute approximate surface area is 156 Å². The Balaban J connectivity index is 1.55. The van der Waals surface area contributed by atoms with Crippen LogP contribution < -0.4 is 10.2 Å². The summed E-state index contributed by atoms with van der Waals surface area (Å²) >= 11 is 0. The van der Waals surface area contributed by atoms with Gasteiger partial charge in [0.15, 0.2) is 5.82 Å². The average Bonchev–Trinajstić information content (AvgIpc) is 3.37. The highest BCUT2D eigenvalue weighted by Gasteiger charge is 2.24. The van der Waals surface area contributed by atoms with Crippen LogP contribution in [0.2, 0.25) is 0 Å². The van der Waals surface area contributed by atoms with Gasteiger partial charge in [-0.15, -0.1) is 0 Å². The molecule has 0 saturated carbocycles. The SMILES string of the molecule is Cn1ccnc1C(NC(=O)c1cc(N2CCOCC2)no1)c1ccccc1. The number of anilines is 1. The maximum absolute atomic E-state index is 12.8. The Kier molecular flexibility index (Phi) is 4.88. The number of ether oxygens (including phenoxy) is 1. The van der Waals surface area contributed by atoms with Crippen LogP contribution >= 0.6 is 0 Å². The van der Waals surface area contributed by atoms with Gasteiger partial charge in [-0.3, -0.25) is 4.79 Å². The molecule has 4 rings (SSSR count). The van der Waals surface area contributed by atoms with E-state index in [1.807, 2.05) is 53.0 Å². The van der Waals surface area contributed by atoms with Gasteiger partial charge in [0, 0.05) is 38.6 Å². The van der Waals surface area contributed by atoms with E-state index in [1.54, 1.807) is 12.3 Å². The maximum Gasteiger partial charge on any atom is 0.290 e. The highest BCUT2D eigenvalue weighted by Crippen LogP contribution is 2.22. The number of imidazole rings is 1. The van der Waals surface area contributed by atoms with Gasteiger partial charge in [-0.25, -0.2) is 4.98 Å². The number of morpholine rings is 1. The first-order chi connectivity index (χ1) is 13.2. The maximum atomic E-state index is 12.8. The summed E-state index contributed by atoms with van der Waals surface area (Å²) in [5, 5.41) is 7.04. The first-order valence-corrected chi connectivity index (χ1v) is 8.85. The molecule has 1 atom stereocenters. The van der Waals surface area contributed by atoms with E-state index >= 15 is 0 Å². The van der Waals surface area contributed by atoms with Crippen molar-refractivity contribution >= 4 is 11.7 Å². The molecule has 0 aliphatic carbocycles. The van der Waals surface area contributed by atoms with Gasteiger partial charge in [-0.2, -0.15) is 0 Å². The molecule has 2 aromatic heterocycles. The molecule has 1 N–H and O–H groups in total. The van der Waals surface area contributed by atoms with Crippen molar-refractivity contribution in [1.82, 2.24) is 20.0 Å². The molecule has 1 amide bonds. The molecule has 0 spiro atoms. The van der Waals surface area contributed by atoms with Crippen LogP contribution in [0.1, 0.15) is 28.0 Å². The third-order valence-corrected chi connectivity index (χ3v) is 4.58. The van der Waals surface area contributed by atoms with Crippen molar-refractivity contribution in [3.05, 3.63) is 65.9 Å². The minimum absolute atomic E-state index is 0.173. The van der Waals surface area contributed by atoms with Crippen LogP contribution in [0.3, 0.4) is 0 Å². The number of benzene rings is 1. The lowest BCUT2D eigenvalue weighted by Gasteiger charge is -2.25. The van der Waals surface area contributed by atoms with Crippen molar-refractivity contribution in [1.29, 1.82) is 0 Å². The predicted molar refractivity (Wildman–Crippen MR) is 98.5 cm³/mol. The van der Waals surface area contributed by atoms with Gasteiger partial charge in [0.25, 0.3) is 5.91 Å². The lowest BCUT2D eigenvalue weighted by molar-refractivity contribution is 0.0903. The lowest BCUT2D eigenvalue weighted by Crippen LogP contribution is -2.36. The number of amides is 1. The molecule has 1 saturated heterocycles. The molecular formula is C19H21N5O3. The number of nitrogens with zero attached hydrogens (tertiary/aromatic N) is 4. The number of aryl methyl sites for hydroxylation is 1. The van der Waals surface area contributed by atoms with E-state index in [0.717, 1.165) is 24.5 Å². The molecular weight excluding hydrogens is 346 g/mol. The molecule has 3 heterocycles. The fraction of sp³-hybridized carbons (Fsp3) is 0.316. The Bertz CT molecular complexity index is 899. The summed E-state index contributed by atoms with van der Waals surface area (Å²) in [4.78, 5) is 19.2. The van der Waals surface area contributed by atoms with Crippen molar-refractivity contribution in [2.45, 2.75) is 6.04 Å². The summed E-state index contributed by atoms with van der Waals surface area (Å²) in [5.41, 5.74) is 0.938. The van der Waals surface area contributed by atoms with Crippen molar-refractivity contribution in [2.75, 3.05) is 31.2 Å². The van der Waals surface area contributed by atoms with E-state index in [9.17, 15) is 4.79 Å². The van der Waals surface area contributed by atoms with Gasteiger partial charge < -0.3 is 24.0 Å². The summed E-state index contributed by atoms with van der Waals surface area (Å²) in [6.45, 7) is 2.74. The molecule has 8 nitrogen and oxygen atoms in total. The van der Waals surface area contributed by atoms with E-state index < -0.39 is 6.04 Å². The highest BCUT2D eigenvalue weighted by molar-refractivity contribution is 5.92. The number of aromatic nitrogens is 3. The van der Waals surface area contributed by atoms with Crippen LogP contribution in [0.15, 0.2) is 53.3 Å². The zero-order valence-electron chi connectivity index (χ0n) is 15.0. The van der Waals surface area contributed by atoms with Gasteiger partial charge in [-0.05, 0) is 5.56 Å². The average molecular weight is 367 g/mol. The van der Waals surface area contributed by atoms with E-state index in [1.165, 1.54) is 0 Å². The number of nitrogens with one attached hydrogen (secondary N) is 1. The zero-order valence-corrected chi connectivity index (χ0v) is 15.0. The van der Waals surface area contributed by atoms with Crippen molar-refractivity contribution < 1.29 is 14.1 Å². The van der Waals surface area contributed by atoms with Crippen molar-refractivity contribution in [3.63, 3.8) is 0 Å². The summed E-state index contributed by atoms with van der Waals surface area (Å²) in [7, 11) is 1.90. The second kappa shape index (κ2) is 7.63. The van der Waals surface area contributed by atoms with E-state index in [-0.39, 0.29) is 11.7 Å². The Morgan fingerprint density at radius 2 is 2.00 bits per heavy atom. The fourth-order valence-corrected chi connectivity index (χ4v) is 3.11. The van der Waals surface area contributed by atoms with Crippen LogP contribution in [0.5, 0.6) is 0 Å². The third kappa shape index (κ3) is 3.70. The van der Waals surface area contributed by atoms with Crippen LogP contribution in [-0.2, 0) is 11.8 Å². The number of carbonyl (C=O) groups excluding carboxylic acids is 1. The molecule has 8 heteroatoms. The molecule has 0 radical (unpaired) electrons. The Morgan fingerprint density at radius 1 is 1.22 bits per heavy atom. The van der Waals surface area contributed by atoms with Gasteiger partial charge in [0.2, 0.25) is 5.76 Å². The van der Waals surface area contributed by atoms with Crippen LogP contribution in [0, 0.1) is 0 Å².